The Kier molecular flexibility index (Phi) is 4.38. The minimum Gasteiger partial charge on any atom is -0.504 e. The van der Waals surface area contributed by atoms with Crippen LogP contribution in [0.15, 0.2) is 41.3 Å². The Morgan fingerprint density at radius 2 is 1.75 bits per heavy atom. The molecule has 1 aliphatic rings. The first kappa shape index (κ1) is 16.6. The van der Waals surface area contributed by atoms with E-state index >= 15 is 0 Å². The van der Waals surface area contributed by atoms with Crippen LogP contribution in [0.3, 0.4) is 0 Å². The van der Waals surface area contributed by atoms with E-state index in [9.17, 15) is 13.5 Å². The van der Waals surface area contributed by atoms with Gasteiger partial charge in [-0.3, -0.25) is 0 Å². The van der Waals surface area contributed by atoms with Crippen LogP contribution in [0.1, 0.15) is 11.1 Å². The molecule has 3 rings (SSSR count). The van der Waals surface area contributed by atoms with E-state index in [2.05, 4.69) is 0 Å². The highest BCUT2D eigenvalue weighted by molar-refractivity contribution is 7.89. The lowest BCUT2D eigenvalue weighted by Crippen LogP contribution is -2.36. The summed E-state index contributed by atoms with van der Waals surface area (Å²) in [5.41, 5.74) is 1.76. The molecule has 0 saturated carbocycles. The maximum absolute atomic E-state index is 13.0. The molecule has 0 bridgehead atoms. The second kappa shape index (κ2) is 6.33. The van der Waals surface area contributed by atoms with E-state index in [0.29, 0.717) is 24.5 Å². The number of phenolic OH excluding ortho intramolecular Hbond substituents is 1. The van der Waals surface area contributed by atoms with Gasteiger partial charge in [0.2, 0.25) is 10.0 Å². The normalized spacial score (nSPS) is 14.9. The van der Waals surface area contributed by atoms with E-state index in [1.807, 2.05) is 0 Å². The molecule has 2 aromatic carbocycles. The Labute approximate surface area is 141 Å². The smallest absolute Gasteiger partial charge is 0.247 e. The minimum absolute atomic E-state index is 0.0669. The molecule has 0 radical (unpaired) electrons. The molecule has 6 nitrogen and oxygen atoms in total. The minimum atomic E-state index is -3.67. The number of sulfonamides is 1. The van der Waals surface area contributed by atoms with Gasteiger partial charge in [0.15, 0.2) is 11.5 Å². The summed E-state index contributed by atoms with van der Waals surface area (Å²) in [5, 5.41) is 9.87. The van der Waals surface area contributed by atoms with Crippen LogP contribution in [0.5, 0.6) is 17.2 Å². The second-order valence-corrected chi connectivity index (χ2v) is 7.44. The first-order valence-electron chi connectivity index (χ1n) is 7.49. The van der Waals surface area contributed by atoms with Gasteiger partial charge in [0.25, 0.3) is 0 Å². The van der Waals surface area contributed by atoms with Gasteiger partial charge in [0.1, 0.15) is 10.6 Å². The molecule has 0 fully saturated rings. The fraction of sp³-hybridized carbons (Fsp3) is 0.294. The molecule has 24 heavy (non-hydrogen) atoms. The summed E-state index contributed by atoms with van der Waals surface area (Å²) in [6.45, 7) is 0.575. The summed E-state index contributed by atoms with van der Waals surface area (Å²) in [6.07, 6.45) is 0.529. The third-order valence-electron chi connectivity index (χ3n) is 4.17. The molecular formula is C17H19NO5S. The fourth-order valence-corrected chi connectivity index (χ4v) is 4.46. The topological polar surface area (TPSA) is 76.1 Å². The van der Waals surface area contributed by atoms with Crippen molar-refractivity contribution in [3.8, 4) is 17.2 Å². The van der Waals surface area contributed by atoms with Crippen LogP contribution in [-0.4, -0.2) is 38.6 Å². The summed E-state index contributed by atoms with van der Waals surface area (Å²) in [5.74, 6) is 0.731. The molecule has 0 spiro atoms. The zero-order chi connectivity index (χ0) is 17.3. The van der Waals surface area contributed by atoms with Crippen molar-refractivity contribution in [1.29, 1.82) is 0 Å². The highest BCUT2D eigenvalue weighted by Crippen LogP contribution is 2.35. The van der Waals surface area contributed by atoms with Crippen LogP contribution in [0.2, 0.25) is 0 Å². The third kappa shape index (κ3) is 2.81. The maximum atomic E-state index is 13.0. The van der Waals surface area contributed by atoms with Crippen LogP contribution in [-0.2, 0) is 23.0 Å². The SMILES string of the molecule is COc1cc2c(cc1O)CCN(S(=O)(=O)c1ccccc1OC)C2. The number of methoxy groups -OCH3 is 2. The van der Waals surface area contributed by atoms with Gasteiger partial charge in [-0.15, -0.1) is 0 Å². The predicted octanol–water partition coefficient (Wildman–Crippen LogP) is 2.16. The predicted molar refractivity (Wildman–Crippen MR) is 89.0 cm³/mol. The van der Waals surface area contributed by atoms with E-state index in [0.717, 1.165) is 11.1 Å². The number of para-hydroxylation sites is 1. The number of hydrogen-bond acceptors (Lipinski definition) is 5. The Bertz CT molecular complexity index is 863. The largest absolute Gasteiger partial charge is 0.504 e. The van der Waals surface area contributed by atoms with Crippen LogP contribution in [0.4, 0.5) is 0 Å². The lowest BCUT2D eigenvalue weighted by molar-refractivity contribution is 0.361. The number of nitrogens with zero attached hydrogens (tertiary/aromatic N) is 1. The van der Waals surface area contributed by atoms with E-state index in [4.69, 9.17) is 9.47 Å². The molecular weight excluding hydrogens is 330 g/mol. The summed E-state index contributed by atoms with van der Waals surface area (Å²) in [7, 11) is -0.754. The zero-order valence-corrected chi connectivity index (χ0v) is 14.3. The van der Waals surface area contributed by atoms with Crippen molar-refractivity contribution in [2.24, 2.45) is 0 Å². The van der Waals surface area contributed by atoms with Crippen molar-refractivity contribution >= 4 is 10.0 Å². The van der Waals surface area contributed by atoms with Crippen molar-refractivity contribution in [3.63, 3.8) is 0 Å². The van der Waals surface area contributed by atoms with Gasteiger partial charge in [-0.05, 0) is 41.8 Å². The fourth-order valence-electron chi connectivity index (χ4n) is 2.89. The van der Waals surface area contributed by atoms with Crippen molar-refractivity contribution in [2.75, 3.05) is 20.8 Å². The van der Waals surface area contributed by atoms with Crippen LogP contribution in [0.25, 0.3) is 0 Å². The number of benzene rings is 2. The van der Waals surface area contributed by atoms with Gasteiger partial charge in [0, 0.05) is 13.1 Å². The Morgan fingerprint density at radius 1 is 1.04 bits per heavy atom. The van der Waals surface area contributed by atoms with E-state index in [1.165, 1.54) is 18.5 Å². The lowest BCUT2D eigenvalue weighted by Gasteiger charge is -2.29. The van der Waals surface area contributed by atoms with Gasteiger partial charge in [-0.1, -0.05) is 12.1 Å². The number of ether oxygens (including phenoxy) is 2. The van der Waals surface area contributed by atoms with Crippen molar-refractivity contribution < 1.29 is 23.0 Å². The van der Waals surface area contributed by atoms with Gasteiger partial charge >= 0.3 is 0 Å². The molecule has 1 heterocycles. The molecule has 7 heteroatoms. The van der Waals surface area contributed by atoms with Crippen molar-refractivity contribution in [3.05, 3.63) is 47.5 Å². The van der Waals surface area contributed by atoms with Crippen molar-refractivity contribution in [1.82, 2.24) is 4.31 Å². The molecule has 1 N–H and O–H groups in total. The molecule has 1 aliphatic heterocycles. The molecule has 2 aromatic rings. The summed E-state index contributed by atoms with van der Waals surface area (Å²) in [6, 6.07) is 9.91. The lowest BCUT2D eigenvalue weighted by atomic mass is 10.0. The maximum Gasteiger partial charge on any atom is 0.247 e. The Balaban J connectivity index is 1.97. The molecule has 128 valence electrons. The molecule has 0 unspecified atom stereocenters. The number of phenols is 1. The molecule has 0 aromatic heterocycles. The first-order chi connectivity index (χ1) is 11.5. The summed E-state index contributed by atoms with van der Waals surface area (Å²) < 4.78 is 37.6. The van der Waals surface area contributed by atoms with E-state index in [-0.39, 0.29) is 17.2 Å². The molecule has 0 saturated heterocycles. The second-order valence-electron chi connectivity index (χ2n) is 5.53. The number of hydrogen-bond donors (Lipinski definition) is 1. The molecule has 0 aliphatic carbocycles. The average molecular weight is 349 g/mol. The van der Waals surface area contributed by atoms with Crippen molar-refractivity contribution in [2.45, 2.75) is 17.9 Å². The number of rotatable bonds is 4. The van der Waals surface area contributed by atoms with E-state index in [1.54, 1.807) is 36.4 Å². The van der Waals surface area contributed by atoms with E-state index < -0.39 is 10.0 Å². The highest BCUT2D eigenvalue weighted by atomic mass is 32.2. The monoisotopic (exact) mass is 349 g/mol. The van der Waals surface area contributed by atoms with Gasteiger partial charge in [-0.2, -0.15) is 4.31 Å². The Hall–Kier alpha value is -2.25. The highest BCUT2D eigenvalue weighted by Gasteiger charge is 2.31. The molecule has 0 amide bonds. The zero-order valence-electron chi connectivity index (χ0n) is 13.5. The van der Waals surface area contributed by atoms with Crippen LogP contribution in [0, 0.1) is 0 Å². The number of fused-ring (bicyclic) bond motifs is 1. The van der Waals surface area contributed by atoms with Crippen LogP contribution < -0.4 is 9.47 Å². The first-order valence-corrected chi connectivity index (χ1v) is 8.93. The Morgan fingerprint density at radius 3 is 2.46 bits per heavy atom. The van der Waals surface area contributed by atoms with Gasteiger partial charge in [0.05, 0.1) is 14.2 Å². The molecule has 0 atom stereocenters. The van der Waals surface area contributed by atoms with Gasteiger partial charge < -0.3 is 14.6 Å². The van der Waals surface area contributed by atoms with Crippen LogP contribution >= 0.6 is 0 Å². The summed E-state index contributed by atoms with van der Waals surface area (Å²) >= 11 is 0. The van der Waals surface area contributed by atoms with Gasteiger partial charge in [-0.25, -0.2) is 8.42 Å². The number of aromatic hydroxyl groups is 1. The third-order valence-corrected chi connectivity index (χ3v) is 6.05. The quantitative estimate of drug-likeness (QED) is 0.915. The standard InChI is InChI=1S/C17H19NO5S/c1-22-15-5-3-4-6-17(15)24(20,21)18-8-7-12-9-14(19)16(23-2)10-13(12)11-18/h3-6,9-10,19H,7-8,11H2,1-2H3. The summed E-state index contributed by atoms with van der Waals surface area (Å²) in [4.78, 5) is 0.154. The average Bonchev–Trinajstić information content (AvgIpc) is 2.60.